The van der Waals surface area contributed by atoms with Crippen molar-refractivity contribution in [2.24, 2.45) is 0 Å². The molecule has 1 aromatic carbocycles. The summed E-state index contributed by atoms with van der Waals surface area (Å²) in [6.45, 7) is 20.5. The molecule has 0 N–H and O–H groups in total. The number of rotatable bonds is 18. The second-order valence-electron chi connectivity index (χ2n) is 8.71. The Hall–Kier alpha value is -0.903. The third-order valence-electron chi connectivity index (χ3n) is 5.88. The summed E-state index contributed by atoms with van der Waals surface area (Å²) >= 11 is 0. The van der Waals surface area contributed by atoms with E-state index in [1.807, 2.05) is 0 Å². The van der Waals surface area contributed by atoms with Crippen LogP contribution in [0.25, 0.3) is 5.57 Å². The molecule has 0 aliphatic heterocycles. The number of allylic oxidation sites excluding steroid dienone is 1. The maximum atomic E-state index is 4.14. The molecular formula is C27H48N2Si. The van der Waals surface area contributed by atoms with Crippen molar-refractivity contribution in [3.05, 3.63) is 36.4 Å². The van der Waals surface area contributed by atoms with Crippen LogP contribution < -0.4 is 5.19 Å². The third kappa shape index (κ3) is 10.4. The largest absolute Gasteiger partial charge is 0.288 e. The first-order chi connectivity index (χ1) is 14.6. The van der Waals surface area contributed by atoms with Gasteiger partial charge in [-0.3, -0.25) is 9.80 Å². The quantitative estimate of drug-likeness (QED) is 0.192. The van der Waals surface area contributed by atoms with Gasteiger partial charge in [-0.05, 0) is 70.4 Å². The first kappa shape index (κ1) is 27.1. The van der Waals surface area contributed by atoms with Crippen LogP contribution in [0.4, 0.5) is 0 Å². The zero-order valence-electron chi connectivity index (χ0n) is 20.7. The SMILES string of the molecule is C=C(C)c1cccc([Si]CC(N(CCCC)CCCC)N(CCCC)CCCC)c1. The highest BCUT2D eigenvalue weighted by atomic mass is 28.2. The Kier molecular flexibility index (Phi) is 15.1. The van der Waals surface area contributed by atoms with E-state index in [1.54, 1.807) is 0 Å². The second kappa shape index (κ2) is 16.7. The van der Waals surface area contributed by atoms with Crippen molar-refractivity contribution in [2.75, 3.05) is 26.2 Å². The molecule has 0 aliphatic rings. The molecule has 0 saturated carbocycles. The Balaban J connectivity index is 3.04. The first-order valence-corrected chi connectivity index (χ1v) is 13.8. The van der Waals surface area contributed by atoms with Crippen LogP contribution in [-0.2, 0) is 0 Å². The normalized spacial score (nSPS) is 11.7. The zero-order chi connectivity index (χ0) is 22.2. The minimum Gasteiger partial charge on any atom is -0.288 e. The van der Waals surface area contributed by atoms with Crippen molar-refractivity contribution < 1.29 is 0 Å². The summed E-state index contributed by atoms with van der Waals surface area (Å²) < 4.78 is 0. The highest BCUT2D eigenvalue weighted by molar-refractivity contribution is 6.53. The van der Waals surface area contributed by atoms with Gasteiger partial charge in [0.25, 0.3) is 0 Å². The fourth-order valence-electron chi connectivity index (χ4n) is 3.86. The molecule has 0 bridgehead atoms. The molecular weight excluding hydrogens is 380 g/mol. The van der Waals surface area contributed by atoms with Crippen LogP contribution in [0.15, 0.2) is 30.8 Å². The fourth-order valence-corrected chi connectivity index (χ4v) is 5.26. The molecule has 3 heteroatoms. The number of hydrogen-bond donors (Lipinski definition) is 0. The average Bonchev–Trinajstić information content (AvgIpc) is 2.76. The molecule has 0 aromatic heterocycles. The Morgan fingerprint density at radius 2 is 1.30 bits per heavy atom. The summed E-state index contributed by atoms with van der Waals surface area (Å²) in [6, 6.07) is 10.3. The summed E-state index contributed by atoms with van der Waals surface area (Å²) in [5.41, 5.74) is 2.46. The van der Waals surface area contributed by atoms with Crippen molar-refractivity contribution in [1.29, 1.82) is 0 Å². The van der Waals surface area contributed by atoms with E-state index < -0.39 is 0 Å². The minimum absolute atomic E-state index is 0.577. The highest BCUT2D eigenvalue weighted by Crippen LogP contribution is 2.17. The standard InChI is InChI=1S/C27H48N2Si/c1-7-11-18-28(19-12-8-2)27(29(20-13-9-3)21-14-10-4)23-30-26-17-15-16-25(22-26)24(5)6/h15-17,22,27H,5,7-14,18-21,23H2,1-4,6H3. The lowest BCUT2D eigenvalue weighted by atomic mass is 10.1. The Morgan fingerprint density at radius 3 is 1.70 bits per heavy atom. The van der Waals surface area contributed by atoms with Crippen molar-refractivity contribution in [2.45, 2.75) is 98.2 Å². The molecule has 30 heavy (non-hydrogen) atoms. The van der Waals surface area contributed by atoms with Crippen LogP contribution >= 0.6 is 0 Å². The van der Waals surface area contributed by atoms with Crippen LogP contribution in [0.5, 0.6) is 0 Å². The van der Waals surface area contributed by atoms with Gasteiger partial charge < -0.3 is 0 Å². The molecule has 2 radical (unpaired) electrons. The van der Waals surface area contributed by atoms with Gasteiger partial charge in [0.05, 0.1) is 15.7 Å². The second-order valence-corrected chi connectivity index (χ2v) is 10.0. The van der Waals surface area contributed by atoms with Gasteiger partial charge in [0.1, 0.15) is 0 Å². The van der Waals surface area contributed by atoms with Gasteiger partial charge in [-0.25, -0.2) is 0 Å². The minimum atomic E-state index is 0.577. The fraction of sp³-hybridized carbons (Fsp3) is 0.704. The predicted octanol–water partition coefficient (Wildman–Crippen LogP) is 6.60. The highest BCUT2D eigenvalue weighted by Gasteiger charge is 2.24. The Labute approximate surface area is 190 Å². The molecule has 0 atom stereocenters. The zero-order valence-corrected chi connectivity index (χ0v) is 21.7. The monoisotopic (exact) mass is 428 g/mol. The smallest absolute Gasteiger partial charge is 0.0838 e. The average molecular weight is 429 g/mol. The van der Waals surface area contributed by atoms with E-state index in [-0.39, 0.29) is 0 Å². The lowest BCUT2D eigenvalue weighted by molar-refractivity contribution is 0.0502. The molecule has 0 amide bonds. The molecule has 0 spiro atoms. The maximum Gasteiger partial charge on any atom is 0.0838 e. The van der Waals surface area contributed by atoms with Gasteiger partial charge in [0.15, 0.2) is 0 Å². The van der Waals surface area contributed by atoms with Gasteiger partial charge in [0, 0.05) is 0 Å². The number of unbranched alkanes of at least 4 members (excludes halogenated alkanes) is 4. The van der Waals surface area contributed by atoms with Crippen molar-refractivity contribution >= 4 is 20.3 Å². The van der Waals surface area contributed by atoms with Crippen LogP contribution in [0, 0.1) is 0 Å². The Bertz CT molecular complexity index is 536. The number of nitrogens with zero attached hydrogens (tertiary/aromatic N) is 2. The van der Waals surface area contributed by atoms with E-state index in [0.717, 1.165) is 9.52 Å². The molecule has 0 unspecified atom stereocenters. The molecule has 0 fully saturated rings. The van der Waals surface area contributed by atoms with E-state index in [4.69, 9.17) is 0 Å². The lowest BCUT2D eigenvalue weighted by Gasteiger charge is -2.40. The lowest BCUT2D eigenvalue weighted by Crippen LogP contribution is -2.51. The summed E-state index contributed by atoms with van der Waals surface area (Å²) in [5, 5.41) is 1.48. The Morgan fingerprint density at radius 1 is 0.833 bits per heavy atom. The molecule has 1 rings (SSSR count). The van der Waals surface area contributed by atoms with Crippen LogP contribution in [0.1, 0.15) is 91.5 Å². The van der Waals surface area contributed by atoms with E-state index in [2.05, 4.69) is 75.3 Å². The van der Waals surface area contributed by atoms with Gasteiger partial charge in [0.2, 0.25) is 0 Å². The van der Waals surface area contributed by atoms with Crippen molar-refractivity contribution in [1.82, 2.24) is 9.80 Å². The molecule has 0 aliphatic carbocycles. The van der Waals surface area contributed by atoms with Crippen LogP contribution in [0.3, 0.4) is 0 Å². The number of hydrogen-bond acceptors (Lipinski definition) is 2. The van der Waals surface area contributed by atoms with Gasteiger partial charge in [-0.2, -0.15) is 0 Å². The van der Waals surface area contributed by atoms with E-state index in [9.17, 15) is 0 Å². The topological polar surface area (TPSA) is 6.48 Å². The summed E-state index contributed by atoms with van der Waals surface area (Å²) in [7, 11) is 0.855. The third-order valence-corrected chi connectivity index (χ3v) is 7.17. The summed E-state index contributed by atoms with van der Waals surface area (Å²) in [6.07, 6.45) is 10.9. The summed E-state index contributed by atoms with van der Waals surface area (Å²) in [4.78, 5) is 5.65. The van der Waals surface area contributed by atoms with Crippen molar-refractivity contribution in [3.63, 3.8) is 0 Å². The first-order valence-electron chi connectivity index (χ1n) is 12.5. The predicted molar refractivity (Wildman–Crippen MR) is 138 cm³/mol. The van der Waals surface area contributed by atoms with E-state index >= 15 is 0 Å². The molecule has 1 aromatic rings. The molecule has 170 valence electrons. The number of benzene rings is 1. The van der Waals surface area contributed by atoms with Crippen molar-refractivity contribution in [3.8, 4) is 0 Å². The van der Waals surface area contributed by atoms with Crippen LogP contribution in [0.2, 0.25) is 6.04 Å². The van der Waals surface area contributed by atoms with Crippen LogP contribution in [-0.4, -0.2) is 51.7 Å². The van der Waals surface area contributed by atoms with E-state index in [0.29, 0.717) is 6.17 Å². The van der Waals surface area contributed by atoms with Gasteiger partial charge in [-0.1, -0.05) is 95.0 Å². The van der Waals surface area contributed by atoms with Gasteiger partial charge in [-0.15, -0.1) is 0 Å². The molecule has 0 saturated heterocycles. The molecule has 0 heterocycles. The van der Waals surface area contributed by atoms with E-state index in [1.165, 1.54) is 99.9 Å². The maximum absolute atomic E-state index is 4.14. The van der Waals surface area contributed by atoms with Gasteiger partial charge >= 0.3 is 0 Å². The summed E-state index contributed by atoms with van der Waals surface area (Å²) in [5.74, 6) is 0. The molecule has 2 nitrogen and oxygen atoms in total.